The summed E-state index contributed by atoms with van der Waals surface area (Å²) in [4.78, 5) is 15.7. The minimum atomic E-state index is -0.798. The van der Waals surface area contributed by atoms with E-state index in [2.05, 4.69) is 15.4 Å². The zero-order valence-corrected chi connectivity index (χ0v) is 12.1. The third-order valence-corrected chi connectivity index (χ3v) is 2.89. The lowest BCUT2D eigenvalue weighted by atomic mass is 10.1. The summed E-state index contributed by atoms with van der Waals surface area (Å²) in [6.07, 6.45) is 2.94. The van der Waals surface area contributed by atoms with Crippen molar-refractivity contribution in [2.45, 2.75) is 19.3 Å². The molecule has 0 atom stereocenters. The van der Waals surface area contributed by atoms with Gasteiger partial charge in [0.05, 0.1) is 0 Å². The van der Waals surface area contributed by atoms with Crippen LogP contribution in [0.5, 0.6) is 0 Å². The van der Waals surface area contributed by atoms with Gasteiger partial charge in [0.25, 0.3) is 0 Å². The maximum atomic E-state index is 10.4. The molecule has 2 aromatic rings. The van der Waals surface area contributed by atoms with Gasteiger partial charge in [-0.3, -0.25) is 4.79 Å². The Bertz CT molecular complexity index is 574. The number of aliphatic carboxylic acids is 1. The van der Waals surface area contributed by atoms with Crippen molar-refractivity contribution in [1.82, 2.24) is 10.2 Å². The van der Waals surface area contributed by atoms with Crippen molar-refractivity contribution in [2.24, 2.45) is 5.16 Å². The van der Waals surface area contributed by atoms with Crippen LogP contribution in [-0.2, 0) is 9.63 Å². The highest BCUT2D eigenvalue weighted by atomic mass is 16.6. The molecule has 0 fully saturated rings. The molecule has 2 rings (SSSR count). The summed E-state index contributed by atoms with van der Waals surface area (Å²) < 4.78 is 0. The molecule has 1 aromatic heterocycles. The predicted octanol–water partition coefficient (Wildman–Crippen LogP) is 2.50. The van der Waals surface area contributed by atoms with Gasteiger partial charge in [-0.25, -0.2) is 0 Å². The molecule has 0 spiro atoms. The number of benzene rings is 1. The van der Waals surface area contributed by atoms with E-state index in [-0.39, 0.29) is 6.42 Å². The Kier molecular flexibility index (Phi) is 6.04. The van der Waals surface area contributed by atoms with Gasteiger partial charge in [0.15, 0.2) is 0 Å². The number of carboxylic acid groups (broad SMARTS) is 1. The average molecular weight is 299 g/mol. The molecule has 0 bridgehead atoms. The SMILES string of the molecule is O=C(O)CCCCO/N=C(\c1ccccc1)c1cccnn1. The van der Waals surface area contributed by atoms with Gasteiger partial charge >= 0.3 is 5.97 Å². The first-order valence-electron chi connectivity index (χ1n) is 7.02. The molecule has 0 aliphatic carbocycles. The maximum absolute atomic E-state index is 10.4. The molecule has 1 N–H and O–H groups in total. The second-order valence-corrected chi connectivity index (χ2v) is 4.60. The number of oxime groups is 1. The van der Waals surface area contributed by atoms with E-state index in [1.165, 1.54) is 0 Å². The van der Waals surface area contributed by atoms with Gasteiger partial charge in [-0.2, -0.15) is 5.10 Å². The molecule has 0 radical (unpaired) electrons. The fourth-order valence-corrected chi connectivity index (χ4v) is 1.82. The van der Waals surface area contributed by atoms with Gasteiger partial charge in [-0.15, -0.1) is 5.10 Å². The van der Waals surface area contributed by atoms with E-state index in [1.54, 1.807) is 12.3 Å². The normalized spacial score (nSPS) is 11.2. The lowest BCUT2D eigenvalue weighted by Gasteiger charge is -2.06. The average Bonchev–Trinajstić information content (AvgIpc) is 2.55. The van der Waals surface area contributed by atoms with Crippen molar-refractivity contribution in [1.29, 1.82) is 0 Å². The van der Waals surface area contributed by atoms with Gasteiger partial charge in [0, 0.05) is 18.2 Å². The minimum absolute atomic E-state index is 0.142. The van der Waals surface area contributed by atoms with Crippen molar-refractivity contribution in [3.63, 3.8) is 0 Å². The number of hydrogen-bond donors (Lipinski definition) is 1. The third kappa shape index (κ3) is 4.97. The lowest BCUT2D eigenvalue weighted by molar-refractivity contribution is -0.137. The summed E-state index contributed by atoms with van der Waals surface area (Å²) >= 11 is 0. The number of aromatic nitrogens is 2. The summed E-state index contributed by atoms with van der Waals surface area (Å²) in [5.41, 5.74) is 2.11. The first-order chi connectivity index (χ1) is 10.8. The monoisotopic (exact) mass is 299 g/mol. The van der Waals surface area contributed by atoms with Crippen LogP contribution in [0.2, 0.25) is 0 Å². The molecule has 22 heavy (non-hydrogen) atoms. The van der Waals surface area contributed by atoms with Gasteiger partial charge in [0.1, 0.15) is 18.0 Å². The molecule has 1 heterocycles. The Morgan fingerprint density at radius 1 is 1.14 bits per heavy atom. The number of nitrogens with zero attached hydrogens (tertiary/aromatic N) is 3. The van der Waals surface area contributed by atoms with E-state index in [4.69, 9.17) is 9.94 Å². The lowest BCUT2D eigenvalue weighted by Crippen LogP contribution is -2.08. The van der Waals surface area contributed by atoms with Crippen LogP contribution in [0.3, 0.4) is 0 Å². The van der Waals surface area contributed by atoms with E-state index >= 15 is 0 Å². The molecule has 1 aromatic carbocycles. The third-order valence-electron chi connectivity index (χ3n) is 2.89. The Morgan fingerprint density at radius 3 is 2.64 bits per heavy atom. The van der Waals surface area contributed by atoms with Gasteiger partial charge in [-0.05, 0) is 25.0 Å². The standard InChI is InChI=1S/C16H17N3O3/c20-15(21)10-4-5-12-22-19-16(13-7-2-1-3-8-13)14-9-6-11-17-18-14/h1-3,6-9,11H,4-5,10,12H2,(H,20,21)/b19-16+. The zero-order valence-electron chi connectivity index (χ0n) is 12.1. The van der Waals surface area contributed by atoms with Crippen molar-refractivity contribution in [3.05, 3.63) is 59.9 Å². The Labute approximate surface area is 128 Å². The largest absolute Gasteiger partial charge is 0.481 e. The Hall–Kier alpha value is -2.76. The highest BCUT2D eigenvalue weighted by Gasteiger charge is 2.09. The second-order valence-electron chi connectivity index (χ2n) is 4.60. The smallest absolute Gasteiger partial charge is 0.303 e. The summed E-state index contributed by atoms with van der Waals surface area (Å²) in [7, 11) is 0. The predicted molar refractivity (Wildman–Crippen MR) is 81.6 cm³/mol. The van der Waals surface area contributed by atoms with Gasteiger partial charge in [0.2, 0.25) is 0 Å². The summed E-state index contributed by atoms with van der Waals surface area (Å²) in [5, 5.41) is 20.6. The fourth-order valence-electron chi connectivity index (χ4n) is 1.82. The molecule has 0 aliphatic heterocycles. The molecule has 114 valence electrons. The van der Waals surface area contributed by atoms with Crippen LogP contribution in [0, 0.1) is 0 Å². The van der Waals surface area contributed by atoms with Gasteiger partial charge in [-0.1, -0.05) is 35.5 Å². The van der Waals surface area contributed by atoms with Crippen molar-refractivity contribution < 1.29 is 14.7 Å². The van der Waals surface area contributed by atoms with Crippen LogP contribution >= 0.6 is 0 Å². The molecule has 0 unspecified atom stereocenters. The van der Waals surface area contributed by atoms with E-state index < -0.39 is 5.97 Å². The van der Waals surface area contributed by atoms with Crippen molar-refractivity contribution in [3.8, 4) is 0 Å². The number of unbranched alkanes of at least 4 members (excludes halogenated alkanes) is 1. The van der Waals surface area contributed by atoms with Crippen LogP contribution in [0.1, 0.15) is 30.5 Å². The van der Waals surface area contributed by atoms with Crippen LogP contribution < -0.4 is 0 Å². The van der Waals surface area contributed by atoms with E-state index in [0.717, 1.165) is 5.56 Å². The number of hydrogen-bond acceptors (Lipinski definition) is 5. The minimum Gasteiger partial charge on any atom is -0.481 e. The first-order valence-corrected chi connectivity index (χ1v) is 7.02. The molecule has 0 saturated heterocycles. The molecular formula is C16H17N3O3. The van der Waals surface area contributed by atoms with Crippen LogP contribution in [0.25, 0.3) is 0 Å². The number of carboxylic acids is 1. The quantitative estimate of drug-likeness (QED) is 0.460. The van der Waals surface area contributed by atoms with Crippen LogP contribution in [0.15, 0.2) is 53.8 Å². The molecule has 6 heteroatoms. The molecule has 0 amide bonds. The summed E-state index contributed by atoms with van der Waals surface area (Å²) in [5.74, 6) is -0.798. The first kappa shape index (κ1) is 15.6. The van der Waals surface area contributed by atoms with Crippen LogP contribution in [0.4, 0.5) is 0 Å². The zero-order chi connectivity index (χ0) is 15.6. The topological polar surface area (TPSA) is 84.7 Å². The molecular weight excluding hydrogens is 282 g/mol. The number of rotatable bonds is 8. The highest BCUT2D eigenvalue weighted by molar-refractivity contribution is 6.11. The molecule has 0 aliphatic rings. The summed E-state index contributed by atoms with van der Waals surface area (Å²) in [6, 6.07) is 13.2. The molecule has 6 nitrogen and oxygen atoms in total. The fraction of sp³-hybridized carbons (Fsp3) is 0.250. The number of carbonyl (C=O) groups is 1. The summed E-state index contributed by atoms with van der Waals surface area (Å²) in [6.45, 7) is 0.365. The second kappa shape index (κ2) is 8.51. The molecule has 0 saturated carbocycles. The van der Waals surface area contributed by atoms with Crippen LogP contribution in [-0.4, -0.2) is 33.6 Å². The van der Waals surface area contributed by atoms with E-state index in [0.29, 0.717) is 30.9 Å². The van der Waals surface area contributed by atoms with Gasteiger partial charge < -0.3 is 9.94 Å². The Morgan fingerprint density at radius 2 is 1.95 bits per heavy atom. The van der Waals surface area contributed by atoms with Crippen molar-refractivity contribution >= 4 is 11.7 Å². The van der Waals surface area contributed by atoms with E-state index in [1.807, 2.05) is 36.4 Å². The van der Waals surface area contributed by atoms with Crippen molar-refractivity contribution in [2.75, 3.05) is 6.61 Å². The van der Waals surface area contributed by atoms with E-state index in [9.17, 15) is 4.79 Å². The highest BCUT2D eigenvalue weighted by Crippen LogP contribution is 2.09. The Balaban J connectivity index is 2.02. The maximum Gasteiger partial charge on any atom is 0.303 e.